The van der Waals surface area contributed by atoms with Gasteiger partial charge in [-0.3, -0.25) is 4.90 Å². The molecule has 30 heavy (non-hydrogen) atoms. The van der Waals surface area contributed by atoms with E-state index in [1.54, 1.807) is 6.07 Å². The van der Waals surface area contributed by atoms with Gasteiger partial charge in [0.15, 0.2) is 0 Å². The zero-order valence-corrected chi connectivity index (χ0v) is 17.6. The van der Waals surface area contributed by atoms with Gasteiger partial charge in [0.2, 0.25) is 0 Å². The molecule has 2 aromatic carbocycles. The Balaban J connectivity index is 1.51. The molecular formula is C22H26F3N3OS. The van der Waals surface area contributed by atoms with Gasteiger partial charge in [-0.15, -0.1) is 0 Å². The maximum absolute atomic E-state index is 13.8. The van der Waals surface area contributed by atoms with Gasteiger partial charge in [-0.2, -0.15) is 13.2 Å². The maximum atomic E-state index is 13.8. The lowest BCUT2D eigenvalue weighted by atomic mass is 10.1. The summed E-state index contributed by atoms with van der Waals surface area (Å²) in [6.45, 7) is 5.96. The molecule has 8 heteroatoms. The number of alkyl halides is 3. The van der Waals surface area contributed by atoms with Gasteiger partial charge in [-0.25, -0.2) is 0 Å². The SMILES string of the molecule is OCCN1CCN(CCCN2c3ccccc3Sc3cccc(C(F)(F)F)c32)CC1. The lowest BCUT2D eigenvalue weighted by Crippen LogP contribution is -2.47. The van der Waals surface area contributed by atoms with Crippen LogP contribution in [0.5, 0.6) is 0 Å². The second-order valence-electron chi connectivity index (χ2n) is 7.63. The molecule has 2 aliphatic rings. The number of aliphatic hydroxyl groups is 1. The molecule has 1 fully saturated rings. The first-order valence-electron chi connectivity index (χ1n) is 10.3. The van der Waals surface area contributed by atoms with E-state index in [9.17, 15) is 13.2 Å². The molecule has 0 unspecified atom stereocenters. The molecule has 0 aromatic heterocycles. The summed E-state index contributed by atoms with van der Waals surface area (Å²) in [5.41, 5.74) is 0.556. The third kappa shape index (κ3) is 4.61. The zero-order valence-electron chi connectivity index (χ0n) is 16.7. The predicted octanol–water partition coefficient (Wildman–Crippen LogP) is 4.31. The van der Waals surface area contributed by atoms with E-state index in [4.69, 9.17) is 5.11 Å². The van der Waals surface area contributed by atoms with E-state index in [-0.39, 0.29) is 12.3 Å². The van der Waals surface area contributed by atoms with Crippen molar-refractivity contribution in [3.05, 3.63) is 48.0 Å². The van der Waals surface area contributed by atoms with Gasteiger partial charge < -0.3 is 14.9 Å². The number of nitrogens with zero attached hydrogens (tertiary/aromatic N) is 3. The van der Waals surface area contributed by atoms with Gasteiger partial charge >= 0.3 is 6.18 Å². The Labute approximate surface area is 179 Å². The van der Waals surface area contributed by atoms with Crippen LogP contribution in [-0.4, -0.2) is 67.3 Å². The van der Waals surface area contributed by atoms with E-state index in [1.807, 2.05) is 29.2 Å². The highest BCUT2D eigenvalue weighted by atomic mass is 32.2. The minimum Gasteiger partial charge on any atom is -0.395 e. The molecule has 1 N–H and O–H groups in total. The molecule has 0 radical (unpaired) electrons. The van der Waals surface area contributed by atoms with Gasteiger partial charge in [0.25, 0.3) is 0 Å². The second kappa shape index (κ2) is 9.18. The number of β-amino-alcohol motifs (C(OH)–C–C–N with tert-alkyl or cyclic N) is 1. The number of hydrogen-bond donors (Lipinski definition) is 1. The third-order valence-corrected chi connectivity index (χ3v) is 6.80. The number of para-hydroxylation sites is 2. The Bertz CT molecular complexity index is 869. The summed E-state index contributed by atoms with van der Waals surface area (Å²) in [5.74, 6) is 0. The molecule has 0 spiro atoms. The van der Waals surface area contributed by atoms with Crippen LogP contribution in [0.1, 0.15) is 12.0 Å². The molecule has 4 rings (SSSR count). The Morgan fingerprint density at radius 2 is 1.50 bits per heavy atom. The average molecular weight is 438 g/mol. The molecule has 0 bridgehead atoms. The van der Waals surface area contributed by atoms with E-state index < -0.39 is 11.7 Å². The molecule has 2 aromatic rings. The number of benzene rings is 2. The first kappa shape index (κ1) is 21.5. The summed E-state index contributed by atoms with van der Waals surface area (Å²) in [6.07, 6.45) is -3.61. The monoisotopic (exact) mass is 437 g/mol. The minimum atomic E-state index is -4.39. The number of aliphatic hydroxyl groups excluding tert-OH is 1. The minimum absolute atomic E-state index is 0.174. The smallest absolute Gasteiger partial charge is 0.395 e. The van der Waals surface area contributed by atoms with Crippen molar-refractivity contribution >= 4 is 23.1 Å². The van der Waals surface area contributed by atoms with Crippen LogP contribution < -0.4 is 4.90 Å². The van der Waals surface area contributed by atoms with Crippen molar-refractivity contribution in [3.8, 4) is 0 Å². The molecule has 1 saturated heterocycles. The van der Waals surface area contributed by atoms with Crippen molar-refractivity contribution in [2.24, 2.45) is 0 Å². The highest BCUT2D eigenvalue weighted by Crippen LogP contribution is 2.52. The molecule has 162 valence electrons. The van der Waals surface area contributed by atoms with Crippen molar-refractivity contribution in [3.63, 3.8) is 0 Å². The van der Waals surface area contributed by atoms with Gasteiger partial charge in [0.05, 0.1) is 23.5 Å². The Kier molecular flexibility index (Phi) is 6.57. The number of anilines is 2. The lowest BCUT2D eigenvalue weighted by Gasteiger charge is -2.37. The average Bonchev–Trinajstić information content (AvgIpc) is 2.73. The summed E-state index contributed by atoms with van der Waals surface area (Å²) >= 11 is 1.40. The summed E-state index contributed by atoms with van der Waals surface area (Å²) in [7, 11) is 0. The van der Waals surface area contributed by atoms with Crippen LogP contribution in [0.2, 0.25) is 0 Å². The Hall–Kier alpha value is -1.74. The fourth-order valence-electron chi connectivity index (χ4n) is 4.18. The van der Waals surface area contributed by atoms with Gasteiger partial charge in [0, 0.05) is 49.1 Å². The van der Waals surface area contributed by atoms with Crippen LogP contribution in [0.3, 0.4) is 0 Å². The standard InChI is InChI=1S/C22H26F3N3OS/c23-22(24,25)17-5-3-8-20-21(17)28(18-6-1-2-7-19(18)30-20)10-4-9-26-11-13-27(14-12-26)15-16-29/h1-3,5-8,29H,4,9-16H2. The molecule has 2 heterocycles. The van der Waals surface area contributed by atoms with Crippen molar-refractivity contribution in [1.29, 1.82) is 0 Å². The van der Waals surface area contributed by atoms with Crippen molar-refractivity contribution < 1.29 is 18.3 Å². The van der Waals surface area contributed by atoms with Crippen LogP contribution in [0.4, 0.5) is 24.5 Å². The summed E-state index contributed by atoms with van der Waals surface area (Å²) < 4.78 is 41.3. The highest BCUT2D eigenvalue weighted by molar-refractivity contribution is 7.99. The van der Waals surface area contributed by atoms with Gasteiger partial charge in [-0.1, -0.05) is 30.0 Å². The second-order valence-corrected chi connectivity index (χ2v) is 8.72. The molecule has 2 aliphatic heterocycles. The fraction of sp³-hybridized carbons (Fsp3) is 0.455. The third-order valence-electron chi connectivity index (χ3n) is 5.69. The largest absolute Gasteiger partial charge is 0.418 e. The van der Waals surface area contributed by atoms with Crippen LogP contribution >= 0.6 is 11.8 Å². The fourth-order valence-corrected chi connectivity index (χ4v) is 5.31. The van der Waals surface area contributed by atoms with E-state index in [0.29, 0.717) is 18.0 Å². The molecule has 0 aliphatic carbocycles. The molecule has 0 atom stereocenters. The topological polar surface area (TPSA) is 30.0 Å². The first-order chi connectivity index (χ1) is 14.5. The van der Waals surface area contributed by atoms with Crippen LogP contribution in [0, 0.1) is 0 Å². The van der Waals surface area contributed by atoms with E-state index >= 15 is 0 Å². The van der Waals surface area contributed by atoms with Crippen LogP contribution in [0.25, 0.3) is 0 Å². The van der Waals surface area contributed by atoms with Crippen molar-refractivity contribution in [1.82, 2.24) is 9.80 Å². The number of halogens is 3. The summed E-state index contributed by atoms with van der Waals surface area (Å²) in [4.78, 5) is 8.09. The Morgan fingerprint density at radius 1 is 0.833 bits per heavy atom. The number of rotatable bonds is 6. The summed E-state index contributed by atoms with van der Waals surface area (Å²) in [6, 6.07) is 12.1. The van der Waals surface area contributed by atoms with Crippen molar-refractivity contribution in [2.45, 2.75) is 22.4 Å². The zero-order chi connectivity index (χ0) is 21.1. The molecule has 0 amide bonds. The van der Waals surface area contributed by atoms with Gasteiger partial charge in [-0.05, 0) is 37.2 Å². The lowest BCUT2D eigenvalue weighted by molar-refractivity contribution is -0.137. The van der Waals surface area contributed by atoms with Crippen molar-refractivity contribution in [2.75, 3.05) is 57.3 Å². The van der Waals surface area contributed by atoms with Gasteiger partial charge in [0.1, 0.15) is 0 Å². The normalized spacial score (nSPS) is 17.7. The summed E-state index contributed by atoms with van der Waals surface area (Å²) in [5, 5.41) is 9.07. The van der Waals surface area contributed by atoms with E-state index in [2.05, 4.69) is 9.80 Å². The first-order valence-corrected chi connectivity index (χ1v) is 11.1. The predicted molar refractivity (Wildman–Crippen MR) is 114 cm³/mol. The highest BCUT2D eigenvalue weighted by Gasteiger charge is 2.38. The molecular weight excluding hydrogens is 411 g/mol. The maximum Gasteiger partial charge on any atom is 0.418 e. The van der Waals surface area contributed by atoms with E-state index in [0.717, 1.165) is 49.7 Å². The Morgan fingerprint density at radius 3 is 2.20 bits per heavy atom. The molecule has 4 nitrogen and oxygen atoms in total. The van der Waals surface area contributed by atoms with Crippen LogP contribution in [0.15, 0.2) is 52.3 Å². The number of piperazine rings is 1. The quantitative estimate of drug-likeness (QED) is 0.728. The van der Waals surface area contributed by atoms with E-state index in [1.165, 1.54) is 23.9 Å². The number of hydrogen-bond acceptors (Lipinski definition) is 5. The van der Waals surface area contributed by atoms with Crippen LogP contribution in [-0.2, 0) is 6.18 Å². The number of fused-ring (bicyclic) bond motifs is 2. The molecule has 0 saturated carbocycles.